The number of anilines is 1. The molecule has 3 N–H and O–H groups in total. The number of nitrogens with one attached hydrogen (secondary N) is 1. The monoisotopic (exact) mass is 306 g/mol. The van der Waals surface area contributed by atoms with Crippen LogP contribution in [0.15, 0.2) is 24.5 Å². The van der Waals surface area contributed by atoms with E-state index in [0.29, 0.717) is 18.7 Å². The minimum absolute atomic E-state index is 0.284. The van der Waals surface area contributed by atoms with Crippen LogP contribution in [-0.2, 0) is 10.0 Å². The van der Waals surface area contributed by atoms with Crippen LogP contribution in [-0.4, -0.2) is 29.7 Å². The van der Waals surface area contributed by atoms with Gasteiger partial charge >= 0.3 is 0 Å². The van der Waals surface area contributed by atoms with E-state index in [-0.39, 0.29) is 6.54 Å². The second-order valence-corrected chi connectivity index (χ2v) is 7.63. The van der Waals surface area contributed by atoms with Crippen molar-refractivity contribution in [1.82, 2.24) is 9.97 Å². The largest absolute Gasteiger partial charge is 0.368 e. The quantitative estimate of drug-likeness (QED) is 0.893. The molecule has 1 aromatic heterocycles. The molecular formula is C14H18N4O2S. The zero-order chi connectivity index (χ0) is 15.1. The topological polar surface area (TPSA) is 98.0 Å². The molecule has 0 unspecified atom stereocenters. The summed E-state index contributed by atoms with van der Waals surface area (Å²) in [7, 11) is -3.57. The van der Waals surface area contributed by atoms with Crippen molar-refractivity contribution in [3.63, 3.8) is 0 Å². The number of hydrogen-bond donors (Lipinski definition) is 2. The van der Waals surface area contributed by atoms with Gasteiger partial charge < -0.3 is 5.32 Å². The maximum Gasteiger partial charge on any atom is 0.216 e. The van der Waals surface area contributed by atoms with Crippen molar-refractivity contribution in [1.29, 1.82) is 0 Å². The fourth-order valence-electron chi connectivity index (χ4n) is 2.69. The number of aryl methyl sites for hydroxylation is 1. The first-order valence-electron chi connectivity index (χ1n) is 6.89. The fraction of sp³-hybridized carbons (Fsp3) is 0.429. The molecule has 1 heterocycles. The van der Waals surface area contributed by atoms with E-state index in [2.05, 4.69) is 15.3 Å². The van der Waals surface area contributed by atoms with Crippen molar-refractivity contribution in [2.75, 3.05) is 11.9 Å². The normalized spacial score (nSPS) is 17.4. The van der Waals surface area contributed by atoms with Crippen LogP contribution >= 0.6 is 0 Å². The summed E-state index contributed by atoms with van der Waals surface area (Å²) < 4.78 is 22.7. The number of rotatable bonds is 4. The van der Waals surface area contributed by atoms with Crippen LogP contribution in [0.1, 0.15) is 24.8 Å². The van der Waals surface area contributed by atoms with E-state index in [1.165, 1.54) is 6.33 Å². The zero-order valence-corrected chi connectivity index (χ0v) is 12.7. The number of hydrogen-bond acceptors (Lipinski definition) is 5. The van der Waals surface area contributed by atoms with Crippen LogP contribution in [0, 0.1) is 6.92 Å². The van der Waals surface area contributed by atoms with Gasteiger partial charge in [0.1, 0.15) is 16.9 Å². The predicted octanol–water partition coefficient (Wildman–Crippen LogP) is 1.56. The lowest BCUT2D eigenvalue weighted by Crippen LogP contribution is -2.53. The first kappa shape index (κ1) is 14.2. The molecule has 0 atom stereocenters. The van der Waals surface area contributed by atoms with E-state index in [9.17, 15) is 8.42 Å². The molecule has 0 saturated heterocycles. The average molecular weight is 306 g/mol. The molecule has 112 valence electrons. The van der Waals surface area contributed by atoms with Crippen molar-refractivity contribution < 1.29 is 8.42 Å². The molecule has 7 heteroatoms. The summed E-state index contributed by atoms with van der Waals surface area (Å²) in [6, 6.07) is 5.90. The van der Waals surface area contributed by atoms with Crippen molar-refractivity contribution >= 4 is 26.7 Å². The van der Waals surface area contributed by atoms with Crippen LogP contribution in [0.25, 0.3) is 10.9 Å². The van der Waals surface area contributed by atoms with Gasteiger partial charge in [-0.3, -0.25) is 0 Å². The van der Waals surface area contributed by atoms with Gasteiger partial charge in [-0.1, -0.05) is 18.1 Å². The van der Waals surface area contributed by atoms with Crippen molar-refractivity contribution in [3.8, 4) is 0 Å². The third kappa shape index (κ3) is 2.47. The lowest BCUT2D eigenvalue weighted by molar-refractivity contribution is 0.351. The van der Waals surface area contributed by atoms with Gasteiger partial charge in [0.15, 0.2) is 0 Å². The SMILES string of the molecule is Cc1ccc2ncnc(NCC3(S(N)(=O)=O)CCC3)c2c1. The van der Waals surface area contributed by atoms with E-state index < -0.39 is 14.8 Å². The molecule has 3 rings (SSSR count). The molecule has 21 heavy (non-hydrogen) atoms. The second kappa shape index (κ2) is 4.92. The molecule has 6 nitrogen and oxygen atoms in total. The van der Waals surface area contributed by atoms with Crippen molar-refractivity contribution in [2.45, 2.75) is 30.9 Å². The van der Waals surface area contributed by atoms with E-state index in [0.717, 1.165) is 22.9 Å². The molecule has 1 aliphatic rings. The Morgan fingerprint density at radius 1 is 1.33 bits per heavy atom. The summed E-state index contributed by atoms with van der Waals surface area (Å²) >= 11 is 0. The number of benzene rings is 1. The van der Waals surface area contributed by atoms with Gasteiger partial charge in [0, 0.05) is 11.9 Å². The smallest absolute Gasteiger partial charge is 0.216 e. The summed E-state index contributed by atoms with van der Waals surface area (Å²) in [6.45, 7) is 2.28. The highest BCUT2D eigenvalue weighted by molar-refractivity contribution is 7.90. The third-order valence-corrected chi connectivity index (χ3v) is 6.00. The lowest BCUT2D eigenvalue weighted by atomic mass is 9.84. The van der Waals surface area contributed by atoms with Gasteiger partial charge in [-0.15, -0.1) is 0 Å². The van der Waals surface area contributed by atoms with Gasteiger partial charge in [-0.05, 0) is 31.9 Å². The fourth-order valence-corrected chi connectivity index (χ4v) is 3.82. The Morgan fingerprint density at radius 2 is 2.10 bits per heavy atom. The lowest BCUT2D eigenvalue weighted by Gasteiger charge is -2.39. The first-order valence-corrected chi connectivity index (χ1v) is 8.44. The Labute approximate surface area is 123 Å². The Kier molecular flexibility index (Phi) is 3.33. The molecule has 0 spiro atoms. The highest BCUT2D eigenvalue weighted by Crippen LogP contribution is 2.38. The van der Waals surface area contributed by atoms with Gasteiger partial charge in [0.25, 0.3) is 0 Å². The second-order valence-electron chi connectivity index (χ2n) is 5.68. The molecule has 0 bridgehead atoms. The zero-order valence-electron chi connectivity index (χ0n) is 11.8. The minimum Gasteiger partial charge on any atom is -0.368 e. The summed E-state index contributed by atoms with van der Waals surface area (Å²) in [5, 5.41) is 9.42. The van der Waals surface area contributed by atoms with Gasteiger partial charge in [0.2, 0.25) is 10.0 Å². The van der Waals surface area contributed by atoms with Crippen molar-refractivity contribution in [2.24, 2.45) is 5.14 Å². The molecular weight excluding hydrogens is 288 g/mol. The summed E-state index contributed by atoms with van der Waals surface area (Å²) in [6.07, 6.45) is 3.56. The standard InChI is InChI=1S/C14H18N4O2S/c1-10-3-4-12-11(7-10)13(18-9-17-12)16-8-14(5-2-6-14)21(15,19)20/h3-4,7,9H,2,5-6,8H2,1H3,(H2,15,19,20)(H,16,17,18). The van der Waals surface area contributed by atoms with Gasteiger partial charge in [-0.2, -0.15) is 0 Å². The molecule has 0 aliphatic heterocycles. The Morgan fingerprint density at radius 3 is 2.71 bits per heavy atom. The van der Waals surface area contributed by atoms with E-state index >= 15 is 0 Å². The molecule has 1 saturated carbocycles. The number of sulfonamides is 1. The number of fused-ring (bicyclic) bond motifs is 1. The molecule has 2 aromatic rings. The number of primary sulfonamides is 1. The predicted molar refractivity (Wildman–Crippen MR) is 82.5 cm³/mol. The average Bonchev–Trinajstić information content (AvgIpc) is 2.36. The van der Waals surface area contributed by atoms with Crippen molar-refractivity contribution in [3.05, 3.63) is 30.1 Å². The molecule has 0 amide bonds. The van der Waals surface area contributed by atoms with E-state index in [1.807, 2.05) is 25.1 Å². The minimum atomic E-state index is -3.57. The highest BCUT2D eigenvalue weighted by atomic mass is 32.2. The van der Waals surface area contributed by atoms with Crippen LogP contribution < -0.4 is 10.5 Å². The molecule has 1 aliphatic carbocycles. The van der Waals surface area contributed by atoms with Crippen LogP contribution in [0.2, 0.25) is 0 Å². The summed E-state index contributed by atoms with van der Waals surface area (Å²) in [4.78, 5) is 8.45. The molecule has 0 radical (unpaired) electrons. The maximum atomic E-state index is 11.8. The number of aromatic nitrogens is 2. The Hall–Kier alpha value is -1.73. The summed E-state index contributed by atoms with van der Waals surface area (Å²) in [5.74, 6) is 0.652. The number of nitrogens with zero attached hydrogens (tertiary/aromatic N) is 2. The van der Waals surface area contributed by atoms with Gasteiger partial charge in [-0.25, -0.2) is 23.5 Å². The first-order chi connectivity index (χ1) is 9.91. The summed E-state index contributed by atoms with van der Waals surface area (Å²) in [5.41, 5.74) is 1.93. The Balaban J connectivity index is 1.91. The van der Waals surface area contributed by atoms with Crippen LogP contribution in [0.5, 0.6) is 0 Å². The van der Waals surface area contributed by atoms with E-state index in [1.54, 1.807) is 0 Å². The maximum absolute atomic E-state index is 11.8. The number of nitrogens with two attached hydrogens (primary N) is 1. The van der Waals surface area contributed by atoms with Gasteiger partial charge in [0.05, 0.1) is 5.52 Å². The molecule has 1 aromatic carbocycles. The highest BCUT2D eigenvalue weighted by Gasteiger charge is 2.47. The Bertz CT molecular complexity index is 785. The van der Waals surface area contributed by atoms with E-state index in [4.69, 9.17) is 5.14 Å². The molecule has 1 fully saturated rings. The third-order valence-electron chi connectivity index (χ3n) is 4.24. The van der Waals surface area contributed by atoms with Crippen LogP contribution in [0.3, 0.4) is 0 Å². The van der Waals surface area contributed by atoms with Crippen LogP contribution in [0.4, 0.5) is 5.82 Å².